The lowest BCUT2D eigenvalue weighted by Crippen LogP contribution is -2.00. The maximum atomic E-state index is 3.91. The van der Waals surface area contributed by atoms with Gasteiger partial charge in [-0.2, -0.15) is 0 Å². The average Bonchev–Trinajstić information content (AvgIpc) is 2.63. The zero-order chi connectivity index (χ0) is 9.80. The van der Waals surface area contributed by atoms with E-state index in [1.807, 2.05) is 13.2 Å². The highest BCUT2D eigenvalue weighted by Crippen LogP contribution is 2.01. The average molecular weight is 190 g/mol. The lowest BCUT2D eigenvalue weighted by atomic mass is 10.3. The molecule has 0 fully saturated rings. The van der Waals surface area contributed by atoms with Crippen LogP contribution in [-0.2, 0) is 13.6 Å². The van der Waals surface area contributed by atoms with Crippen LogP contribution in [0.4, 0.5) is 5.82 Å². The molecule has 0 aliphatic rings. The number of anilines is 1. The van der Waals surface area contributed by atoms with Gasteiger partial charge in [-0.05, 0) is 0 Å². The van der Waals surface area contributed by atoms with Gasteiger partial charge in [-0.3, -0.25) is 4.68 Å². The molecule has 0 saturated heterocycles. The summed E-state index contributed by atoms with van der Waals surface area (Å²) in [6.07, 6.45) is 6.84. The second kappa shape index (κ2) is 3.82. The van der Waals surface area contributed by atoms with Gasteiger partial charge < -0.3 is 5.32 Å². The lowest BCUT2D eigenvalue weighted by molar-refractivity contribution is 0.715. The molecule has 2 rings (SSSR count). The third-order valence-corrected chi connectivity index (χ3v) is 1.69. The quantitative estimate of drug-likeness (QED) is 0.749. The van der Waals surface area contributed by atoms with Crippen molar-refractivity contribution in [2.75, 3.05) is 5.32 Å². The molecule has 0 radical (unpaired) electrons. The summed E-state index contributed by atoms with van der Waals surface area (Å²) in [6.45, 7) is 0.652. The summed E-state index contributed by atoms with van der Waals surface area (Å²) in [7, 11) is 1.82. The molecule has 0 bridgehead atoms. The summed E-state index contributed by atoms with van der Waals surface area (Å²) in [5.41, 5.74) is 1.01. The van der Waals surface area contributed by atoms with Crippen LogP contribution in [0.3, 0.4) is 0 Å². The van der Waals surface area contributed by atoms with Crippen LogP contribution in [0.2, 0.25) is 0 Å². The summed E-state index contributed by atoms with van der Waals surface area (Å²) in [5.74, 6) is 0.747. The van der Waals surface area contributed by atoms with E-state index in [2.05, 4.69) is 25.6 Å². The van der Waals surface area contributed by atoms with Crippen LogP contribution < -0.4 is 5.32 Å². The molecular weight excluding hydrogens is 180 g/mol. The SMILES string of the molecule is Cn1cc(NCc2cncnc2)nn1. The van der Waals surface area contributed by atoms with E-state index in [4.69, 9.17) is 0 Å². The van der Waals surface area contributed by atoms with Crippen LogP contribution in [0.25, 0.3) is 0 Å². The molecule has 0 aliphatic carbocycles. The van der Waals surface area contributed by atoms with Crippen molar-refractivity contribution in [3.8, 4) is 0 Å². The van der Waals surface area contributed by atoms with Crippen molar-refractivity contribution in [1.82, 2.24) is 25.0 Å². The molecule has 72 valence electrons. The Balaban J connectivity index is 1.95. The number of aryl methyl sites for hydroxylation is 1. The van der Waals surface area contributed by atoms with Gasteiger partial charge >= 0.3 is 0 Å². The normalized spacial score (nSPS) is 10.1. The summed E-state index contributed by atoms with van der Waals surface area (Å²) < 4.78 is 1.64. The molecule has 1 N–H and O–H groups in total. The fourth-order valence-electron chi connectivity index (χ4n) is 1.04. The van der Waals surface area contributed by atoms with Gasteiger partial charge in [0.2, 0.25) is 0 Å². The van der Waals surface area contributed by atoms with Crippen LogP contribution in [0, 0.1) is 0 Å². The third-order valence-electron chi connectivity index (χ3n) is 1.69. The Morgan fingerprint density at radius 2 is 2.14 bits per heavy atom. The molecule has 0 spiro atoms. The first-order valence-corrected chi connectivity index (χ1v) is 4.18. The zero-order valence-corrected chi connectivity index (χ0v) is 7.75. The number of hydrogen-bond donors (Lipinski definition) is 1. The third kappa shape index (κ3) is 2.03. The minimum atomic E-state index is 0.652. The van der Waals surface area contributed by atoms with Crippen LogP contribution in [-0.4, -0.2) is 25.0 Å². The minimum absolute atomic E-state index is 0.652. The maximum Gasteiger partial charge on any atom is 0.168 e. The molecule has 2 heterocycles. The first-order valence-electron chi connectivity index (χ1n) is 4.18. The number of nitrogens with zero attached hydrogens (tertiary/aromatic N) is 5. The van der Waals surface area contributed by atoms with Crippen molar-refractivity contribution in [3.05, 3.63) is 30.5 Å². The standard InChI is InChI=1S/C8H10N6/c1-14-5-8(12-13-14)11-4-7-2-9-6-10-3-7/h2-3,5-6,11H,4H2,1H3. The Morgan fingerprint density at radius 3 is 2.79 bits per heavy atom. The molecule has 0 aliphatic heterocycles. The first-order chi connectivity index (χ1) is 6.84. The van der Waals surface area contributed by atoms with Gasteiger partial charge in [0.1, 0.15) is 6.33 Å². The molecule has 0 aromatic carbocycles. The predicted octanol–water partition coefficient (Wildman–Crippen LogP) is 0.217. The van der Waals surface area contributed by atoms with Gasteiger partial charge in [-0.25, -0.2) is 9.97 Å². The molecule has 14 heavy (non-hydrogen) atoms. The number of nitrogens with one attached hydrogen (secondary N) is 1. The number of rotatable bonds is 3. The highest BCUT2D eigenvalue weighted by Gasteiger charge is 1.97. The van der Waals surface area contributed by atoms with Gasteiger partial charge in [0.05, 0.1) is 6.20 Å². The smallest absolute Gasteiger partial charge is 0.168 e. The van der Waals surface area contributed by atoms with Crippen molar-refractivity contribution < 1.29 is 0 Å². The summed E-state index contributed by atoms with van der Waals surface area (Å²) in [6, 6.07) is 0. The van der Waals surface area contributed by atoms with Crippen molar-refractivity contribution >= 4 is 5.82 Å². The van der Waals surface area contributed by atoms with E-state index in [1.165, 1.54) is 6.33 Å². The van der Waals surface area contributed by atoms with Crippen molar-refractivity contribution in [3.63, 3.8) is 0 Å². The van der Waals surface area contributed by atoms with Gasteiger partial charge in [0.25, 0.3) is 0 Å². The molecular formula is C8H10N6. The van der Waals surface area contributed by atoms with Crippen molar-refractivity contribution in [2.45, 2.75) is 6.54 Å². The Hall–Kier alpha value is -1.98. The molecule has 2 aromatic heterocycles. The Morgan fingerprint density at radius 1 is 1.36 bits per heavy atom. The van der Waals surface area contributed by atoms with E-state index in [0.717, 1.165) is 11.4 Å². The monoisotopic (exact) mass is 190 g/mol. The molecule has 6 nitrogen and oxygen atoms in total. The van der Waals surface area contributed by atoms with E-state index in [9.17, 15) is 0 Å². The van der Waals surface area contributed by atoms with Crippen LogP contribution in [0.15, 0.2) is 24.9 Å². The lowest BCUT2D eigenvalue weighted by Gasteiger charge is -1.99. The van der Waals surface area contributed by atoms with Gasteiger partial charge in [-0.15, -0.1) is 5.10 Å². The van der Waals surface area contributed by atoms with Crippen LogP contribution in [0.1, 0.15) is 5.56 Å². The van der Waals surface area contributed by atoms with Crippen molar-refractivity contribution in [1.29, 1.82) is 0 Å². The molecule has 0 saturated carbocycles. The van der Waals surface area contributed by atoms with E-state index >= 15 is 0 Å². The highest BCUT2D eigenvalue weighted by atomic mass is 15.4. The van der Waals surface area contributed by atoms with E-state index in [-0.39, 0.29) is 0 Å². The van der Waals surface area contributed by atoms with Crippen LogP contribution in [0.5, 0.6) is 0 Å². The maximum absolute atomic E-state index is 3.91. The fourth-order valence-corrected chi connectivity index (χ4v) is 1.04. The number of hydrogen-bond acceptors (Lipinski definition) is 5. The van der Waals surface area contributed by atoms with Gasteiger partial charge in [0, 0.05) is 31.5 Å². The summed E-state index contributed by atoms with van der Waals surface area (Å²) >= 11 is 0. The van der Waals surface area contributed by atoms with E-state index < -0.39 is 0 Å². The van der Waals surface area contributed by atoms with Gasteiger partial charge in [-0.1, -0.05) is 5.21 Å². The Labute approximate surface area is 81.0 Å². The largest absolute Gasteiger partial charge is 0.363 e. The summed E-state index contributed by atoms with van der Waals surface area (Å²) in [4.78, 5) is 7.82. The van der Waals surface area contributed by atoms with Crippen molar-refractivity contribution in [2.24, 2.45) is 7.05 Å². The molecule has 0 amide bonds. The highest BCUT2D eigenvalue weighted by molar-refractivity contribution is 5.30. The molecule has 6 heteroatoms. The van der Waals surface area contributed by atoms with Crippen LogP contribution >= 0.6 is 0 Å². The first kappa shape index (κ1) is 8.61. The molecule has 0 unspecified atom stereocenters. The Kier molecular flexibility index (Phi) is 2.35. The Bertz CT molecular complexity index is 395. The fraction of sp³-hybridized carbons (Fsp3) is 0.250. The van der Waals surface area contributed by atoms with E-state index in [0.29, 0.717) is 6.54 Å². The second-order valence-electron chi connectivity index (χ2n) is 2.88. The van der Waals surface area contributed by atoms with E-state index in [1.54, 1.807) is 17.1 Å². The zero-order valence-electron chi connectivity index (χ0n) is 7.75. The van der Waals surface area contributed by atoms with Gasteiger partial charge in [0.15, 0.2) is 5.82 Å². The topological polar surface area (TPSA) is 68.5 Å². The number of aromatic nitrogens is 5. The molecule has 2 aromatic rings. The molecule has 0 atom stereocenters. The second-order valence-corrected chi connectivity index (χ2v) is 2.88. The summed E-state index contributed by atoms with van der Waals surface area (Å²) in [5, 5.41) is 10.8. The predicted molar refractivity (Wildman–Crippen MR) is 50.4 cm³/mol. The minimum Gasteiger partial charge on any atom is -0.363 e.